The van der Waals surface area contributed by atoms with E-state index < -0.39 is 0 Å². The Morgan fingerprint density at radius 1 is 1.27 bits per heavy atom. The molecule has 4 N–H and O–H groups in total. The average molecular weight is 346 g/mol. The number of thiophene rings is 1. The minimum atomic E-state index is -0.0714. The van der Waals surface area contributed by atoms with E-state index in [0.717, 1.165) is 25.7 Å². The number of carbonyl (C=O) groups excluding carboxylic acids is 2. The van der Waals surface area contributed by atoms with Crippen molar-refractivity contribution in [2.45, 2.75) is 50.6 Å². The van der Waals surface area contributed by atoms with Gasteiger partial charge in [0.1, 0.15) is 0 Å². The number of carbonyl (C=O) groups is 2. The van der Waals surface area contributed by atoms with E-state index in [0.29, 0.717) is 31.0 Å². The van der Waals surface area contributed by atoms with Crippen molar-refractivity contribution in [2.75, 3.05) is 6.54 Å². The van der Waals surface area contributed by atoms with Gasteiger partial charge in [-0.3, -0.25) is 9.59 Å². The van der Waals surface area contributed by atoms with Gasteiger partial charge in [0.2, 0.25) is 5.91 Å². The van der Waals surface area contributed by atoms with E-state index in [9.17, 15) is 9.59 Å². The van der Waals surface area contributed by atoms with E-state index in [1.807, 2.05) is 10.8 Å². The number of hydrogen-bond donors (Lipinski definition) is 3. The van der Waals surface area contributed by atoms with Gasteiger partial charge in [-0.15, -0.1) is 12.4 Å². The summed E-state index contributed by atoms with van der Waals surface area (Å²) >= 11 is 1.50. The van der Waals surface area contributed by atoms with Crippen LogP contribution in [0.1, 0.15) is 48.9 Å². The molecular formula is C15H24ClN3O2S. The van der Waals surface area contributed by atoms with Gasteiger partial charge in [0, 0.05) is 36.0 Å². The molecule has 0 aromatic carbocycles. The zero-order valence-corrected chi connectivity index (χ0v) is 14.2. The van der Waals surface area contributed by atoms with Crippen LogP contribution in [0.25, 0.3) is 0 Å². The second-order valence-electron chi connectivity index (χ2n) is 5.55. The molecule has 5 nitrogen and oxygen atoms in total. The Morgan fingerprint density at radius 2 is 2.00 bits per heavy atom. The lowest BCUT2D eigenvalue weighted by Crippen LogP contribution is -2.40. The molecule has 0 radical (unpaired) electrons. The smallest absolute Gasteiger partial charge is 0.252 e. The van der Waals surface area contributed by atoms with Crippen LogP contribution < -0.4 is 16.4 Å². The molecule has 7 heteroatoms. The molecule has 2 rings (SSSR count). The molecule has 1 aromatic heterocycles. The van der Waals surface area contributed by atoms with Crippen LogP contribution in [-0.2, 0) is 4.79 Å². The van der Waals surface area contributed by atoms with Crippen molar-refractivity contribution >= 4 is 35.6 Å². The van der Waals surface area contributed by atoms with Gasteiger partial charge in [-0.05, 0) is 43.6 Å². The summed E-state index contributed by atoms with van der Waals surface area (Å²) in [6.07, 6.45) is 5.04. The summed E-state index contributed by atoms with van der Waals surface area (Å²) < 4.78 is 0. The van der Waals surface area contributed by atoms with Crippen LogP contribution in [0.15, 0.2) is 16.8 Å². The van der Waals surface area contributed by atoms with Gasteiger partial charge in [-0.25, -0.2) is 0 Å². The summed E-state index contributed by atoms with van der Waals surface area (Å²) in [6.45, 7) is 0.525. The van der Waals surface area contributed by atoms with Gasteiger partial charge in [-0.2, -0.15) is 11.3 Å². The number of halogens is 1. The van der Waals surface area contributed by atoms with Gasteiger partial charge in [0.05, 0.1) is 0 Å². The fourth-order valence-corrected chi connectivity index (χ4v) is 3.15. The molecule has 0 atom stereocenters. The number of hydrogen-bond acceptors (Lipinski definition) is 4. The molecule has 1 fully saturated rings. The molecule has 1 aliphatic rings. The molecule has 1 heterocycles. The molecule has 1 saturated carbocycles. The first-order valence-corrected chi connectivity index (χ1v) is 8.45. The molecule has 2 amide bonds. The third kappa shape index (κ3) is 6.34. The first-order chi connectivity index (χ1) is 10.1. The fourth-order valence-electron chi connectivity index (χ4n) is 2.51. The molecule has 0 saturated heterocycles. The van der Waals surface area contributed by atoms with E-state index in [2.05, 4.69) is 10.6 Å². The summed E-state index contributed by atoms with van der Waals surface area (Å²) in [5.74, 6) is -0.00169. The van der Waals surface area contributed by atoms with Crippen LogP contribution in [0.3, 0.4) is 0 Å². The Kier molecular flexibility index (Phi) is 8.45. The van der Waals surface area contributed by atoms with Crippen molar-refractivity contribution in [1.82, 2.24) is 10.6 Å². The van der Waals surface area contributed by atoms with Crippen LogP contribution in [0, 0.1) is 0 Å². The van der Waals surface area contributed by atoms with Gasteiger partial charge >= 0.3 is 0 Å². The minimum Gasteiger partial charge on any atom is -0.353 e. The Hall–Kier alpha value is -1.11. The third-order valence-electron chi connectivity index (χ3n) is 3.79. The van der Waals surface area contributed by atoms with Gasteiger partial charge < -0.3 is 16.4 Å². The van der Waals surface area contributed by atoms with E-state index in [-0.39, 0.29) is 30.3 Å². The lowest BCUT2D eigenvalue weighted by atomic mass is 9.92. The van der Waals surface area contributed by atoms with E-state index in [1.165, 1.54) is 11.3 Å². The Labute approximate surface area is 141 Å². The summed E-state index contributed by atoms with van der Waals surface area (Å²) in [6, 6.07) is 2.36. The number of amides is 2. The highest BCUT2D eigenvalue weighted by Gasteiger charge is 2.19. The topological polar surface area (TPSA) is 84.2 Å². The maximum absolute atomic E-state index is 11.8. The van der Waals surface area contributed by atoms with Crippen LogP contribution in [-0.4, -0.2) is 30.4 Å². The van der Waals surface area contributed by atoms with Crippen molar-refractivity contribution in [3.63, 3.8) is 0 Å². The van der Waals surface area contributed by atoms with Crippen molar-refractivity contribution in [3.8, 4) is 0 Å². The summed E-state index contributed by atoms with van der Waals surface area (Å²) in [5, 5.41) is 9.56. The molecule has 124 valence electrons. The Morgan fingerprint density at radius 3 is 2.64 bits per heavy atom. The molecule has 0 unspecified atom stereocenters. The van der Waals surface area contributed by atoms with Crippen LogP contribution in [0.4, 0.5) is 0 Å². The first kappa shape index (κ1) is 18.9. The largest absolute Gasteiger partial charge is 0.353 e. The summed E-state index contributed by atoms with van der Waals surface area (Å²) in [5.41, 5.74) is 6.53. The quantitative estimate of drug-likeness (QED) is 0.690. The standard InChI is InChI=1S/C15H23N3O2S.ClH/c16-12-3-5-13(6-4-12)18-14(19)2-1-8-17-15(20)11-7-9-21-10-11;/h7,9-10,12-13H,1-6,8,16H2,(H,17,20)(H,18,19);1H. The predicted octanol–water partition coefficient (Wildman–Crippen LogP) is 2.07. The third-order valence-corrected chi connectivity index (χ3v) is 4.47. The lowest BCUT2D eigenvalue weighted by Gasteiger charge is -2.26. The highest BCUT2D eigenvalue weighted by molar-refractivity contribution is 7.08. The Balaban J connectivity index is 0.00000242. The summed E-state index contributed by atoms with van der Waals surface area (Å²) in [7, 11) is 0. The second kappa shape index (κ2) is 9.82. The Bertz CT molecular complexity index is 459. The normalized spacial score (nSPS) is 20.8. The highest BCUT2D eigenvalue weighted by Crippen LogP contribution is 2.16. The minimum absolute atomic E-state index is 0. The van der Waals surface area contributed by atoms with Crippen molar-refractivity contribution < 1.29 is 9.59 Å². The van der Waals surface area contributed by atoms with E-state index >= 15 is 0 Å². The van der Waals surface area contributed by atoms with Gasteiger partial charge in [0.25, 0.3) is 5.91 Å². The van der Waals surface area contributed by atoms with Crippen molar-refractivity contribution in [2.24, 2.45) is 5.73 Å². The summed E-state index contributed by atoms with van der Waals surface area (Å²) in [4.78, 5) is 23.5. The molecular weight excluding hydrogens is 322 g/mol. The average Bonchev–Trinajstić information content (AvgIpc) is 3.00. The fraction of sp³-hybridized carbons (Fsp3) is 0.600. The number of nitrogens with two attached hydrogens (primary N) is 1. The van der Waals surface area contributed by atoms with Gasteiger partial charge in [0.15, 0.2) is 0 Å². The predicted molar refractivity (Wildman–Crippen MR) is 91.5 cm³/mol. The molecule has 0 bridgehead atoms. The maximum Gasteiger partial charge on any atom is 0.252 e. The van der Waals surface area contributed by atoms with Crippen LogP contribution in [0.2, 0.25) is 0 Å². The second-order valence-corrected chi connectivity index (χ2v) is 6.33. The maximum atomic E-state index is 11.8. The monoisotopic (exact) mass is 345 g/mol. The number of nitrogens with one attached hydrogen (secondary N) is 2. The number of rotatable bonds is 6. The van der Waals surface area contributed by atoms with E-state index in [4.69, 9.17) is 5.73 Å². The van der Waals surface area contributed by atoms with Crippen LogP contribution in [0.5, 0.6) is 0 Å². The molecule has 22 heavy (non-hydrogen) atoms. The molecule has 0 spiro atoms. The molecule has 0 aliphatic heterocycles. The van der Waals surface area contributed by atoms with Gasteiger partial charge in [-0.1, -0.05) is 0 Å². The highest BCUT2D eigenvalue weighted by atomic mass is 35.5. The SMILES string of the molecule is Cl.NC1CCC(NC(=O)CCCNC(=O)c2ccsc2)CC1. The van der Waals surface area contributed by atoms with Crippen LogP contribution >= 0.6 is 23.7 Å². The van der Waals surface area contributed by atoms with Crippen molar-refractivity contribution in [1.29, 1.82) is 0 Å². The lowest BCUT2D eigenvalue weighted by molar-refractivity contribution is -0.122. The van der Waals surface area contributed by atoms with Crippen molar-refractivity contribution in [3.05, 3.63) is 22.4 Å². The zero-order valence-electron chi connectivity index (χ0n) is 12.5. The molecule has 1 aliphatic carbocycles. The molecule has 1 aromatic rings. The zero-order chi connectivity index (χ0) is 15.1. The first-order valence-electron chi connectivity index (χ1n) is 7.50. The van der Waals surface area contributed by atoms with E-state index in [1.54, 1.807) is 6.07 Å².